The van der Waals surface area contributed by atoms with Gasteiger partial charge in [0.15, 0.2) is 0 Å². The molecular formula is C34H49N5O5. The Morgan fingerprint density at radius 3 is 2.20 bits per heavy atom. The molecule has 5 rings (SSSR count). The monoisotopic (exact) mass is 607 g/mol. The molecule has 3 heterocycles. The topological polar surface area (TPSA) is 124 Å². The molecule has 2 amide bonds. The summed E-state index contributed by atoms with van der Waals surface area (Å²) < 4.78 is 5.35. The van der Waals surface area contributed by atoms with E-state index in [4.69, 9.17) is 14.8 Å². The number of fused-ring (bicyclic) bond motifs is 1. The molecule has 2 saturated heterocycles. The van der Waals surface area contributed by atoms with E-state index in [9.17, 15) is 14.4 Å². The highest BCUT2D eigenvalue weighted by Crippen LogP contribution is 2.30. The highest BCUT2D eigenvalue weighted by Gasteiger charge is 2.33. The molecule has 1 aromatic carbocycles. The van der Waals surface area contributed by atoms with Crippen molar-refractivity contribution in [3.05, 3.63) is 35.9 Å². The van der Waals surface area contributed by atoms with Crippen LogP contribution in [0.4, 0.5) is 10.6 Å². The molecule has 240 valence electrons. The van der Waals surface area contributed by atoms with Crippen LogP contribution in [0.3, 0.4) is 0 Å². The van der Waals surface area contributed by atoms with E-state index in [0.29, 0.717) is 49.5 Å². The maximum absolute atomic E-state index is 13.5. The number of anilines is 1. The number of carboxylic acid groups (broad SMARTS) is 1. The van der Waals surface area contributed by atoms with Gasteiger partial charge in [0.2, 0.25) is 0 Å². The van der Waals surface area contributed by atoms with Crippen molar-refractivity contribution in [3.63, 3.8) is 0 Å². The van der Waals surface area contributed by atoms with Gasteiger partial charge in [0.1, 0.15) is 11.4 Å². The number of nitrogens with zero attached hydrogens (tertiary/aromatic N) is 3. The third kappa shape index (κ3) is 8.61. The van der Waals surface area contributed by atoms with Crippen molar-refractivity contribution >= 4 is 34.7 Å². The van der Waals surface area contributed by atoms with Gasteiger partial charge in [-0.2, -0.15) is 0 Å². The van der Waals surface area contributed by atoms with Crippen LogP contribution in [-0.2, 0) is 9.53 Å². The number of carbonyl (C=O) groups excluding carboxylic acids is 2. The Kier molecular flexibility index (Phi) is 10.3. The number of rotatable bonds is 10. The predicted molar refractivity (Wildman–Crippen MR) is 171 cm³/mol. The molecule has 1 aromatic heterocycles. The highest BCUT2D eigenvalue weighted by molar-refractivity contribution is 6.07. The Morgan fingerprint density at radius 1 is 0.932 bits per heavy atom. The van der Waals surface area contributed by atoms with Gasteiger partial charge in [-0.15, -0.1) is 0 Å². The molecule has 1 saturated carbocycles. The molecule has 2 aliphatic heterocycles. The molecule has 10 heteroatoms. The molecule has 3 aliphatic rings. The first kappa shape index (κ1) is 32.0. The number of carboxylic acids is 1. The Balaban J connectivity index is 1.10. The largest absolute Gasteiger partial charge is 0.481 e. The van der Waals surface area contributed by atoms with Crippen molar-refractivity contribution in [1.82, 2.24) is 20.5 Å². The van der Waals surface area contributed by atoms with Gasteiger partial charge in [-0.3, -0.25) is 9.59 Å². The van der Waals surface area contributed by atoms with E-state index in [1.54, 1.807) is 0 Å². The van der Waals surface area contributed by atoms with Crippen molar-refractivity contribution in [1.29, 1.82) is 0 Å². The molecule has 0 atom stereocenters. The maximum atomic E-state index is 13.5. The summed E-state index contributed by atoms with van der Waals surface area (Å²) in [5, 5.41) is 16.1. The van der Waals surface area contributed by atoms with Gasteiger partial charge < -0.3 is 30.3 Å². The average Bonchev–Trinajstić information content (AvgIpc) is 2.97. The number of ether oxygens (including phenoxy) is 1. The van der Waals surface area contributed by atoms with Crippen LogP contribution in [0.25, 0.3) is 10.9 Å². The molecule has 3 N–H and O–H groups in total. The molecule has 10 nitrogen and oxygen atoms in total. The summed E-state index contributed by atoms with van der Waals surface area (Å²) in [6.45, 7) is 11.0. The van der Waals surface area contributed by atoms with E-state index >= 15 is 0 Å². The van der Waals surface area contributed by atoms with Crippen LogP contribution in [0, 0.1) is 23.7 Å². The minimum absolute atomic E-state index is 0.0531. The normalized spacial score (nSPS) is 21.9. The second-order valence-electron chi connectivity index (χ2n) is 14.0. The molecule has 3 fully saturated rings. The lowest BCUT2D eigenvalue weighted by Crippen LogP contribution is -2.50. The zero-order valence-electron chi connectivity index (χ0n) is 26.5. The molecule has 2 aromatic rings. The van der Waals surface area contributed by atoms with Crippen LogP contribution < -0.4 is 15.5 Å². The van der Waals surface area contributed by atoms with Crippen molar-refractivity contribution in [3.8, 4) is 0 Å². The lowest BCUT2D eigenvalue weighted by molar-refractivity contribution is -0.147. The summed E-state index contributed by atoms with van der Waals surface area (Å²) in [7, 11) is 0. The fourth-order valence-corrected chi connectivity index (χ4v) is 6.75. The molecule has 0 unspecified atom stereocenters. The molecular weight excluding hydrogens is 558 g/mol. The van der Waals surface area contributed by atoms with E-state index in [0.717, 1.165) is 81.3 Å². The van der Waals surface area contributed by atoms with Gasteiger partial charge in [0, 0.05) is 44.7 Å². The highest BCUT2D eigenvalue weighted by atomic mass is 16.6. The summed E-state index contributed by atoms with van der Waals surface area (Å²) in [6, 6.07) is 9.83. The number of alkyl carbamates (subject to hydrolysis) is 1. The summed E-state index contributed by atoms with van der Waals surface area (Å²) in [5.41, 5.74) is 1.01. The molecule has 44 heavy (non-hydrogen) atoms. The molecule has 0 radical (unpaired) electrons. The second-order valence-corrected chi connectivity index (χ2v) is 14.0. The Morgan fingerprint density at radius 2 is 1.57 bits per heavy atom. The fraction of sp³-hybridized carbons (Fsp3) is 0.647. The standard InChI is InChI=1S/C34H49N5O5/c1-34(2,3)44-33(43)36-20-25-10-8-24(9-11-25)19-35-31(40)28-18-30(37-29-7-5-4-6-27(28)29)39-16-13-23(14-17-39)12-15-38-21-26(22-38)32(41)42/h4-7,18,23-26H,8-17,19-22H2,1-3H3,(H,35,40)(H,36,43)(H,41,42). The van der Waals surface area contributed by atoms with Gasteiger partial charge in [0.25, 0.3) is 5.91 Å². The minimum Gasteiger partial charge on any atom is -0.481 e. The van der Waals surface area contributed by atoms with Crippen molar-refractivity contribution < 1.29 is 24.2 Å². The van der Waals surface area contributed by atoms with Crippen molar-refractivity contribution in [2.75, 3.05) is 50.7 Å². The van der Waals surface area contributed by atoms with E-state index in [2.05, 4.69) is 20.4 Å². The average molecular weight is 608 g/mol. The van der Waals surface area contributed by atoms with Crippen LogP contribution in [0.2, 0.25) is 0 Å². The number of piperidine rings is 1. The van der Waals surface area contributed by atoms with Crippen molar-refractivity contribution in [2.24, 2.45) is 23.7 Å². The smallest absolute Gasteiger partial charge is 0.407 e. The predicted octanol–water partition coefficient (Wildman–Crippen LogP) is 4.92. The first-order valence-corrected chi connectivity index (χ1v) is 16.4. The van der Waals surface area contributed by atoms with Gasteiger partial charge in [-0.1, -0.05) is 18.2 Å². The summed E-state index contributed by atoms with van der Waals surface area (Å²) >= 11 is 0. The van der Waals surface area contributed by atoms with Crippen LogP contribution >= 0.6 is 0 Å². The van der Waals surface area contributed by atoms with E-state index < -0.39 is 11.6 Å². The number of carbonyl (C=O) groups is 3. The number of para-hydroxylation sites is 1. The Bertz CT molecular complexity index is 1300. The van der Waals surface area contributed by atoms with Gasteiger partial charge >= 0.3 is 12.1 Å². The lowest BCUT2D eigenvalue weighted by Gasteiger charge is -2.39. The number of aromatic nitrogens is 1. The maximum Gasteiger partial charge on any atom is 0.407 e. The second kappa shape index (κ2) is 14.1. The zero-order valence-corrected chi connectivity index (χ0v) is 26.5. The molecule has 1 aliphatic carbocycles. The van der Waals surface area contributed by atoms with E-state index in [-0.39, 0.29) is 17.9 Å². The zero-order chi connectivity index (χ0) is 31.3. The Hall–Kier alpha value is -3.40. The number of hydrogen-bond donors (Lipinski definition) is 3. The number of nitrogens with one attached hydrogen (secondary N) is 2. The van der Waals surface area contributed by atoms with E-state index in [1.807, 2.05) is 51.1 Å². The van der Waals surface area contributed by atoms with Crippen LogP contribution in [0.1, 0.15) is 76.1 Å². The lowest BCUT2D eigenvalue weighted by atomic mass is 9.82. The fourth-order valence-electron chi connectivity index (χ4n) is 6.75. The quantitative estimate of drug-likeness (QED) is 0.348. The van der Waals surface area contributed by atoms with E-state index in [1.165, 1.54) is 0 Å². The summed E-state index contributed by atoms with van der Waals surface area (Å²) in [5.74, 6) is 1.41. The van der Waals surface area contributed by atoms with Crippen LogP contribution in [-0.4, -0.2) is 84.4 Å². The van der Waals surface area contributed by atoms with Crippen LogP contribution in [0.5, 0.6) is 0 Å². The third-order valence-electron chi connectivity index (χ3n) is 9.50. The third-order valence-corrected chi connectivity index (χ3v) is 9.50. The number of hydrogen-bond acceptors (Lipinski definition) is 7. The number of likely N-dealkylation sites (tertiary alicyclic amines) is 1. The number of pyridine rings is 1. The SMILES string of the molecule is CC(C)(C)OC(=O)NCC1CCC(CNC(=O)c2cc(N3CCC(CCN4CC(C(=O)O)C4)CC3)nc3ccccc23)CC1. The van der Waals surface area contributed by atoms with Crippen LogP contribution in [0.15, 0.2) is 30.3 Å². The molecule has 0 spiro atoms. The number of amides is 2. The first-order chi connectivity index (χ1) is 21.0. The Labute approximate surface area is 260 Å². The van der Waals surface area contributed by atoms with Crippen molar-refractivity contribution in [2.45, 2.75) is 71.3 Å². The summed E-state index contributed by atoms with van der Waals surface area (Å²) in [4.78, 5) is 46.1. The van der Waals surface area contributed by atoms with Gasteiger partial charge in [-0.05, 0) is 102 Å². The minimum atomic E-state index is -0.681. The molecule has 0 bridgehead atoms. The number of aliphatic carboxylic acids is 1. The van der Waals surface area contributed by atoms with Gasteiger partial charge in [0.05, 0.1) is 17.0 Å². The number of benzene rings is 1. The summed E-state index contributed by atoms with van der Waals surface area (Å²) in [6.07, 6.45) is 6.97. The van der Waals surface area contributed by atoms with Gasteiger partial charge in [-0.25, -0.2) is 9.78 Å². The first-order valence-electron chi connectivity index (χ1n) is 16.4.